The van der Waals surface area contributed by atoms with Gasteiger partial charge in [-0.3, -0.25) is 9.59 Å². The summed E-state index contributed by atoms with van der Waals surface area (Å²) in [6.07, 6.45) is 4.61. The molecule has 144 valence electrons. The number of carbonyl (C=O) groups excluding carboxylic acids is 2. The fraction of sp³-hybridized carbons (Fsp3) is 0.700. The third kappa shape index (κ3) is 1.36. The van der Waals surface area contributed by atoms with Gasteiger partial charge in [0.25, 0.3) is 0 Å². The van der Waals surface area contributed by atoms with Crippen molar-refractivity contribution >= 4 is 11.9 Å². The van der Waals surface area contributed by atoms with E-state index < -0.39 is 28.0 Å². The molecular formula is C20H22O7. The molecule has 27 heavy (non-hydrogen) atoms. The number of carbonyl (C=O) groups is 2. The molecule has 1 aromatic heterocycles. The van der Waals surface area contributed by atoms with Gasteiger partial charge in [0, 0.05) is 18.4 Å². The van der Waals surface area contributed by atoms with Crippen LogP contribution in [-0.2, 0) is 34.3 Å². The maximum absolute atomic E-state index is 12.8. The Hall–Kier alpha value is -1.86. The second-order valence-corrected chi connectivity index (χ2v) is 9.18. The van der Waals surface area contributed by atoms with Crippen molar-refractivity contribution in [1.82, 2.24) is 0 Å². The molecule has 6 aliphatic rings. The molecule has 1 aromatic rings. The van der Waals surface area contributed by atoms with Crippen LogP contribution in [0.1, 0.15) is 45.6 Å². The molecule has 1 aliphatic carbocycles. The van der Waals surface area contributed by atoms with Crippen molar-refractivity contribution in [3.63, 3.8) is 0 Å². The first-order valence-corrected chi connectivity index (χ1v) is 9.57. The molecule has 0 radical (unpaired) electrons. The topological polar surface area (TPSA) is 84.2 Å². The zero-order valence-corrected chi connectivity index (χ0v) is 15.6. The lowest BCUT2D eigenvalue weighted by Gasteiger charge is -2.76. The van der Waals surface area contributed by atoms with Gasteiger partial charge in [-0.2, -0.15) is 0 Å². The number of hydrogen-bond donors (Lipinski definition) is 0. The Balaban J connectivity index is 1.67. The fourth-order valence-corrected chi connectivity index (χ4v) is 6.78. The molecule has 7 nitrogen and oxygen atoms in total. The molecule has 5 bridgehead atoms. The van der Waals surface area contributed by atoms with Crippen LogP contribution in [0.25, 0.3) is 0 Å². The van der Waals surface area contributed by atoms with Gasteiger partial charge >= 0.3 is 11.9 Å². The van der Waals surface area contributed by atoms with E-state index in [9.17, 15) is 9.59 Å². The first kappa shape index (κ1) is 16.1. The summed E-state index contributed by atoms with van der Waals surface area (Å²) in [5, 5.41) is 0. The molecule has 0 amide bonds. The van der Waals surface area contributed by atoms with Gasteiger partial charge in [-0.15, -0.1) is 0 Å². The Morgan fingerprint density at radius 3 is 2.70 bits per heavy atom. The molecule has 1 spiro atoms. The van der Waals surface area contributed by atoms with Gasteiger partial charge in [-0.25, -0.2) is 0 Å². The molecule has 7 heteroatoms. The van der Waals surface area contributed by atoms with Gasteiger partial charge in [-0.05, 0) is 25.3 Å². The molecule has 6 fully saturated rings. The lowest BCUT2D eigenvalue weighted by atomic mass is 9.41. The maximum Gasteiger partial charge on any atom is 0.315 e. The number of hydrogen-bond acceptors (Lipinski definition) is 7. The van der Waals surface area contributed by atoms with Crippen LogP contribution >= 0.6 is 0 Å². The molecule has 5 aliphatic heterocycles. The lowest BCUT2D eigenvalue weighted by molar-refractivity contribution is -0.555. The number of cyclic esters (lactones) is 1. The molecule has 6 heterocycles. The Labute approximate surface area is 156 Å². The molecule has 5 saturated heterocycles. The van der Waals surface area contributed by atoms with E-state index in [0.29, 0.717) is 19.3 Å². The van der Waals surface area contributed by atoms with E-state index in [0.717, 1.165) is 5.56 Å². The van der Waals surface area contributed by atoms with E-state index in [1.807, 2.05) is 19.9 Å². The third-order valence-corrected chi connectivity index (χ3v) is 8.43. The predicted octanol–water partition coefficient (Wildman–Crippen LogP) is 2.49. The first-order chi connectivity index (χ1) is 12.7. The van der Waals surface area contributed by atoms with E-state index in [2.05, 4.69) is 6.92 Å². The first-order valence-electron chi connectivity index (χ1n) is 9.57. The van der Waals surface area contributed by atoms with Crippen molar-refractivity contribution in [1.29, 1.82) is 0 Å². The van der Waals surface area contributed by atoms with Crippen molar-refractivity contribution in [2.75, 3.05) is 6.61 Å². The summed E-state index contributed by atoms with van der Waals surface area (Å²) < 4.78 is 30.3. The van der Waals surface area contributed by atoms with Crippen LogP contribution in [0.4, 0.5) is 0 Å². The minimum Gasteiger partial charge on any atom is -0.472 e. The molecule has 0 N–H and O–H groups in total. The predicted molar refractivity (Wildman–Crippen MR) is 87.8 cm³/mol. The quantitative estimate of drug-likeness (QED) is 0.698. The van der Waals surface area contributed by atoms with E-state index in [4.69, 9.17) is 23.4 Å². The Morgan fingerprint density at radius 1 is 1.15 bits per heavy atom. The number of esters is 2. The van der Waals surface area contributed by atoms with Crippen molar-refractivity contribution in [3.8, 4) is 0 Å². The van der Waals surface area contributed by atoms with Crippen LogP contribution in [-0.4, -0.2) is 29.9 Å². The Morgan fingerprint density at radius 2 is 1.96 bits per heavy atom. The molecule has 7 rings (SSSR count). The minimum atomic E-state index is -1.14. The van der Waals surface area contributed by atoms with Crippen LogP contribution < -0.4 is 0 Å². The molecular weight excluding hydrogens is 352 g/mol. The number of furan rings is 1. The smallest absolute Gasteiger partial charge is 0.315 e. The van der Waals surface area contributed by atoms with Gasteiger partial charge in [0.1, 0.15) is 12.2 Å². The molecule has 0 aromatic carbocycles. The SMILES string of the molecule is C[C@@H]1C(=O)O[C@@]23CC[C@@]4(C)C(=O)OC[C@]45O[C@@](c4ccoc4)(C[C@H]1[C@]25C)O3. The highest BCUT2D eigenvalue weighted by Crippen LogP contribution is 2.78. The number of rotatable bonds is 1. The summed E-state index contributed by atoms with van der Waals surface area (Å²) in [4.78, 5) is 25.5. The summed E-state index contributed by atoms with van der Waals surface area (Å²) in [7, 11) is 0. The van der Waals surface area contributed by atoms with Gasteiger partial charge in [0.15, 0.2) is 0 Å². The highest BCUT2D eigenvalue weighted by Gasteiger charge is 2.89. The van der Waals surface area contributed by atoms with E-state index in [-0.39, 0.29) is 30.4 Å². The van der Waals surface area contributed by atoms with Gasteiger partial charge < -0.3 is 23.4 Å². The maximum atomic E-state index is 12.8. The average molecular weight is 374 g/mol. The van der Waals surface area contributed by atoms with Gasteiger partial charge in [-0.1, -0.05) is 13.8 Å². The Bertz CT molecular complexity index is 879. The standard InChI is InChI=1S/C20H22O7/c1-11-13-8-18(12-4-7-23-9-12)26-19-10-24-15(22)16(19,2)5-6-20(27-18,17(13,19)3)25-14(11)21/h4,7,9,11,13H,5-6,8,10H2,1-3H3/t11-,13+,16-,17-,18-,19-,20+/m0/s1. The van der Waals surface area contributed by atoms with E-state index >= 15 is 0 Å². The summed E-state index contributed by atoms with van der Waals surface area (Å²) in [5.41, 5.74) is -1.68. The third-order valence-electron chi connectivity index (χ3n) is 8.43. The van der Waals surface area contributed by atoms with Crippen molar-refractivity contribution in [3.05, 3.63) is 24.2 Å². The second kappa shape index (κ2) is 4.25. The second-order valence-electron chi connectivity index (χ2n) is 9.18. The fourth-order valence-electron chi connectivity index (χ4n) is 6.78. The van der Waals surface area contributed by atoms with E-state index in [1.54, 1.807) is 12.5 Å². The van der Waals surface area contributed by atoms with Crippen LogP contribution in [0.15, 0.2) is 23.0 Å². The van der Waals surface area contributed by atoms with Crippen molar-refractivity contribution in [2.45, 2.75) is 57.2 Å². The van der Waals surface area contributed by atoms with E-state index in [1.165, 1.54) is 0 Å². The van der Waals surface area contributed by atoms with Crippen molar-refractivity contribution < 1.29 is 33.0 Å². The summed E-state index contributed by atoms with van der Waals surface area (Å²) in [6.45, 7) is 6.02. The van der Waals surface area contributed by atoms with Crippen molar-refractivity contribution in [2.24, 2.45) is 22.7 Å². The van der Waals surface area contributed by atoms with Crippen LogP contribution in [0.3, 0.4) is 0 Å². The zero-order valence-electron chi connectivity index (χ0n) is 15.6. The van der Waals surface area contributed by atoms with Gasteiger partial charge in [0.2, 0.25) is 11.6 Å². The molecule has 0 unspecified atom stereocenters. The summed E-state index contributed by atoms with van der Waals surface area (Å²) >= 11 is 0. The van der Waals surface area contributed by atoms with Crippen LogP contribution in [0.5, 0.6) is 0 Å². The lowest BCUT2D eigenvalue weighted by Crippen LogP contribution is -2.86. The largest absolute Gasteiger partial charge is 0.472 e. The highest BCUT2D eigenvalue weighted by molar-refractivity contribution is 5.82. The summed E-state index contributed by atoms with van der Waals surface area (Å²) in [5.74, 6) is -3.14. The average Bonchev–Trinajstić information content (AvgIpc) is 3.24. The minimum absolute atomic E-state index is 0.0646. The highest BCUT2D eigenvalue weighted by atomic mass is 16.8. The Kier molecular flexibility index (Phi) is 2.54. The normalized spacial score (nSPS) is 55.1. The van der Waals surface area contributed by atoms with Crippen LogP contribution in [0.2, 0.25) is 0 Å². The molecule has 7 atom stereocenters. The van der Waals surface area contributed by atoms with Gasteiger partial charge in [0.05, 0.1) is 29.3 Å². The zero-order chi connectivity index (χ0) is 18.9. The monoisotopic (exact) mass is 374 g/mol. The number of ether oxygens (including phenoxy) is 4. The van der Waals surface area contributed by atoms with Crippen LogP contribution in [0, 0.1) is 22.7 Å². The molecule has 1 saturated carbocycles. The summed E-state index contributed by atoms with van der Waals surface area (Å²) in [6, 6.07) is 1.81.